The molecule has 0 bridgehead atoms. The number of H-pyrrole nitrogens is 1. The van der Waals surface area contributed by atoms with Crippen molar-refractivity contribution < 1.29 is 14.6 Å². The van der Waals surface area contributed by atoms with Crippen LogP contribution in [0.15, 0.2) is 36.5 Å². The maximum absolute atomic E-state index is 11.8. The summed E-state index contributed by atoms with van der Waals surface area (Å²) < 4.78 is 5.41. The Labute approximate surface area is 116 Å². The summed E-state index contributed by atoms with van der Waals surface area (Å²) in [5.41, 5.74) is 1.64. The molecule has 1 heterocycles. The molecule has 2 rings (SSSR count). The van der Waals surface area contributed by atoms with E-state index in [0.717, 1.165) is 11.3 Å². The van der Waals surface area contributed by atoms with Crippen LogP contribution in [0.5, 0.6) is 5.75 Å². The third kappa shape index (κ3) is 4.10. The number of aliphatic hydroxyl groups excluding tert-OH is 1. The molecule has 1 aromatic carbocycles. The molecule has 20 heavy (non-hydrogen) atoms. The number of ether oxygens (including phenoxy) is 1. The van der Waals surface area contributed by atoms with E-state index in [1.54, 1.807) is 12.3 Å². The van der Waals surface area contributed by atoms with Crippen LogP contribution in [0.1, 0.15) is 11.3 Å². The first-order chi connectivity index (χ1) is 9.79. The van der Waals surface area contributed by atoms with Crippen molar-refractivity contribution in [1.29, 1.82) is 0 Å². The van der Waals surface area contributed by atoms with Gasteiger partial charge in [-0.1, -0.05) is 18.2 Å². The summed E-state index contributed by atoms with van der Waals surface area (Å²) >= 11 is 0. The summed E-state index contributed by atoms with van der Waals surface area (Å²) in [5, 5.41) is 18.1. The molecule has 2 aromatic rings. The zero-order valence-electron chi connectivity index (χ0n) is 11.0. The summed E-state index contributed by atoms with van der Waals surface area (Å²) in [6.45, 7) is 0.578. The first-order valence-electron chi connectivity index (χ1n) is 6.36. The van der Waals surface area contributed by atoms with E-state index in [0.29, 0.717) is 12.3 Å². The van der Waals surface area contributed by atoms with Crippen molar-refractivity contribution >= 4 is 5.91 Å². The van der Waals surface area contributed by atoms with E-state index in [-0.39, 0.29) is 25.5 Å². The fraction of sp³-hybridized carbons (Fsp3) is 0.286. The number of hydrogen-bond donors (Lipinski definition) is 3. The number of nitrogens with zero attached hydrogens (tertiary/aromatic N) is 1. The van der Waals surface area contributed by atoms with Gasteiger partial charge in [-0.15, -0.1) is 0 Å². The lowest BCUT2D eigenvalue weighted by Crippen LogP contribution is -2.25. The smallest absolute Gasteiger partial charge is 0.226 e. The van der Waals surface area contributed by atoms with Crippen LogP contribution in [0.3, 0.4) is 0 Å². The molecule has 0 aliphatic carbocycles. The third-order valence-electron chi connectivity index (χ3n) is 2.71. The predicted octanol–water partition coefficient (Wildman–Crippen LogP) is 0.640. The van der Waals surface area contributed by atoms with E-state index in [1.807, 2.05) is 24.3 Å². The van der Waals surface area contributed by atoms with Crippen LogP contribution in [-0.2, 0) is 17.8 Å². The summed E-state index contributed by atoms with van der Waals surface area (Å²) in [4.78, 5) is 11.8. The van der Waals surface area contributed by atoms with Gasteiger partial charge in [-0.05, 0) is 12.1 Å². The first kappa shape index (κ1) is 14.1. The van der Waals surface area contributed by atoms with Crippen LogP contribution in [-0.4, -0.2) is 34.4 Å². The minimum atomic E-state index is -0.0915. The van der Waals surface area contributed by atoms with E-state index < -0.39 is 0 Å². The molecule has 106 valence electrons. The number of aromatic nitrogens is 2. The zero-order valence-corrected chi connectivity index (χ0v) is 11.0. The summed E-state index contributed by atoms with van der Waals surface area (Å²) in [5.74, 6) is 0.578. The van der Waals surface area contributed by atoms with E-state index >= 15 is 0 Å². The summed E-state index contributed by atoms with van der Waals surface area (Å²) in [7, 11) is 0. The number of benzene rings is 1. The molecule has 0 saturated carbocycles. The van der Waals surface area contributed by atoms with Gasteiger partial charge < -0.3 is 15.2 Å². The lowest BCUT2D eigenvalue weighted by Gasteiger charge is -2.11. The molecule has 0 spiro atoms. The molecule has 0 aliphatic rings. The Morgan fingerprint density at radius 2 is 2.20 bits per heavy atom. The number of aromatic amines is 1. The highest BCUT2D eigenvalue weighted by Crippen LogP contribution is 2.17. The number of para-hydroxylation sites is 1. The number of carbonyl (C=O) groups excluding carboxylic acids is 1. The molecular formula is C14H17N3O3. The Bertz CT molecular complexity index is 540. The summed E-state index contributed by atoms with van der Waals surface area (Å²) in [6.07, 6.45) is 1.88. The molecule has 0 radical (unpaired) electrons. The second-order valence-corrected chi connectivity index (χ2v) is 4.22. The highest BCUT2D eigenvalue weighted by Gasteiger charge is 2.07. The fourth-order valence-electron chi connectivity index (χ4n) is 1.76. The predicted molar refractivity (Wildman–Crippen MR) is 73.2 cm³/mol. The lowest BCUT2D eigenvalue weighted by atomic mass is 10.2. The average Bonchev–Trinajstić information content (AvgIpc) is 2.96. The number of nitrogens with one attached hydrogen (secondary N) is 2. The van der Waals surface area contributed by atoms with Gasteiger partial charge in [-0.2, -0.15) is 5.10 Å². The zero-order chi connectivity index (χ0) is 14.2. The number of aliphatic hydroxyl groups is 1. The average molecular weight is 275 g/mol. The van der Waals surface area contributed by atoms with Crippen molar-refractivity contribution in [3.63, 3.8) is 0 Å². The molecule has 6 heteroatoms. The molecule has 0 unspecified atom stereocenters. The van der Waals surface area contributed by atoms with Gasteiger partial charge in [0.25, 0.3) is 0 Å². The molecule has 6 nitrogen and oxygen atoms in total. The Morgan fingerprint density at radius 1 is 1.35 bits per heavy atom. The van der Waals surface area contributed by atoms with Gasteiger partial charge in [0.1, 0.15) is 12.4 Å². The van der Waals surface area contributed by atoms with E-state index in [4.69, 9.17) is 9.84 Å². The Kier molecular flexibility index (Phi) is 5.14. The SMILES string of the molecule is O=C(Cc1ccn[nH]1)NCc1ccccc1OCCO. The van der Waals surface area contributed by atoms with Crippen molar-refractivity contribution in [3.05, 3.63) is 47.8 Å². The van der Waals surface area contributed by atoms with Gasteiger partial charge in [-0.3, -0.25) is 9.89 Å². The van der Waals surface area contributed by atoms with Crippen molar-refractivity contribution in [3.8, 4) is 5.75 Å². The Hall–Kier alpha value is -2.34. The molecule has 0 fully saturated rings. The van der Waals surface area contributed by atoms with Crippen LogP contribution < -0.4 is 10.1 Å². The van der Waals surface area contributed by atoms with Gasteiger partial charge in [0.2, 0.25) is 5.91 Å². The standard InChI is InChI=1S/C14H17N3O3/c18-7-8-20-13-4-2-1-3-11(13)10-15-14(19)9-12-5-6-16-17-12/h1-6,18H,7-10H2,(H,15,19)(H,16,17). The largest absolute Gasteiger partial charge is 0.491 e. The maximum atomic E-state index is 11.8. The Morgan fingerprint density at radius 3 is 2.95 bits per heavy atom. The van der Waals surface area contributed by atoms with Crippen LogP contribution in [0.4, 0.5) is 0 Å². The van der Waals surface area contributed by atoms with Crippen molar-refractivity contribution in [1.82, 2.24) is 15.5 Å². The maximum Gasteiger partial charge on any atom is 0.226 e. The van der Waals surface area contributed by atoms with E-state index in [9.17, 15) is 4.79 Å². The number of hydrogen-bond acceptors (Lipinski definition) is 4. The molecule has 0 aliphatic heterocycles. The first-order valence-corrected chi connectivity index (χ1v) is 6.36. The van der Waals surface area contributed by atoms with Gasteiger partial charge in [0, 0.05) is 24.0 Å². The molecule has 1 aromatic heterocycles. The van der Waals surface area contributed by atoms with Crippen LogP contribution >= 0.6 is 0 Å². The quantitative estimate of drug-likeness (QED) is 0.692. The van der Waals surface area contributed by atoms with Gasteiger partial charge >= 0.3 is 0 Å². The van der Waals surface area contributed by atoms with Crippen LogP contribution in [0.2, 0.25) is 0 Å². The van der Waals surface area contributed by atoms with E-state index in [2.05, 4.69) is 15.5 Å². The van der Waals surface area contributed by atoms with Crippen LogP contribution in [0, 0.1) is 0 Å². The Balaban J connectivity index is 1.88. The molecule has 3 N–H and O–H groups in total. The monoisotopic (exact) mass is 275 g/mol. The normalized spacial score (nSPS) is 10.2. The highest BCUT2D eigenvalue weighted by molar-refractivity contribution is 5.78. The topological polar surface area (TPSA) is 87.2 Å². The minimum Gasteiger partial charge on any atom is -0.491 e. The second-order valence-electron chi connectivity index (χ2n) is 4.22. The fourth-order valence-corrected chi connectivity index (χ4v) is 1.76. The highest BCUT2D eigenvalue weighted by atomic mass is 16.5. The van der Waals surface area contributed by atoms with E-state index in [1.165, 1.54) is 0 Å². The molecular weight excluding hydrogens is 258 g/mol. The minimum absolute atomic E-state index is 0.0412. The molecule has 1 amide bonds. The number of carbonyl (C=O) groups is 1. The lowest BCUT2D eigenvalue weighted by molar-refractivity contribution is -0.120. The second kappa shape index (κ2) is 7.30. The van der Waals surface area contributed by atoms with Crippen LogP contribution in [0.25, 0.3) is 0 Å². The van der Waals surface area contributed by atoms with Gasteiger partial charge in [-0.25, -0.2) is 0 Å². The van der Waals surface area contributed by atoms with Gasteiger partial charge in [0.05, 0.1) is 13.0 Å². The van der Waals surface area contributed by atoms with Crippen molar-refractivity contribution in [2.75, 3.05) is 13.2 Å². The number of amides is 1. The third-order valence-corrected chi connectivity index (χ3v) is 2.71. The molecule has 0 saturated heterocycles. The van der Waals surface area contributed by atoms with Crippen molar-refractivity contribution in [2.45, 2.75) is 13.0 Å². The number of rotatable bonds is 7. The van der Waals surface area contributed by atoms with Gasteiger partial charge in [0.15, 0.2) is 0 Å². The molecule has 0 atom stereocenters. The van der Waals surface area contributed by atoms with Crippen molar-refractivity contribution in [2.24, 2.45) is 0 Å². The summed E-state index contributed by atoms with van der Waals surface area (Å²) in [6, 6.07) is 9.18.